The lowest BCUT2D eigenvalue weighted by molar-refractivity contribution is -0.384. The number of methoxy groups -OCH3 is 1. The number of carbonyl (C=O) groups excluding carboxylic acids is 2. The number of non-ortho nitro benzene ring substituents is 1. The lowest BCUT2D eigenvalue weighted by Gasteiger charge is -2.13. The molecule has 10 heteroatoms. The molecule has 2 aromatic rings. The Morgan fingerprint density at radius 2 is 2.03 bits per heavy atom. The molecule has 0 radical (unpaired) electrons. The Bertz CT molecular complexity index is 1100. The van der Waals surface area contributed by atoms with Crippen molar-refractivity contribution in [3.8, 4) is 11.5 Å². The predicted molar refractivity (Wildman–Crippen MR) is 121 cm³/mol. The molecule has 0 aliphatic carbocycles. The van der Waals surface area contributed by atoms with E-state index < -0.39 is 4.92 Å². The summed E-state index contributed by atoms with van der Waals surface area (Å²) in [5, 5.41) is 10.6. The number of nitrogens with zero attached hydrogens (tertiary/aromatic N) is 2. The van der Waals surface area contributed by atoms with Gasteiger partial charge in [-0.05, 0) is 41.1 Å². The number of carbonyl (C=O) groups is 2. The van der Waals surface area contributed by atoms with Gasteiger partial charge in [-0.15, -0.1) is 6.58 Å². The first kappa shape index (κ1) is 22.6. The monoisotopic (exact) mass is 504 g/mol. The number of halogens is 1. The zero-order valence-electron chi connectivity index (χ0n) is 16.4. The van der Waals surface area contributed by atoms with E-state index in [1.54, 1.807) is 30.3 Å². The van der Waals surface area contributed by atoms with Crippen molar-refractivity contribution >= 4 is 50.6 Å². The molecule has 160 valence electrons. The van der Waals surface area contributed by atoms with Crippen molar-refractivity contribution in [2.75, 3.05) is 13.7 Å². The number of benzene rings is 2. The Morgan fingerprint density at radius 3 is 2.71 bits per heavy atom. The van der Waals surface area contributed by atoms with E-state index in [2.05, 4.69) is 22.5 Å². The maximum atomic E-state index is 12.4. The molecule has 0 atom stereocenters. The minimum Gasteiger partial charge on any atom is -0.493 e. The highest BCUT2D eigenvalue weighted by molar-refractivity contribution is 9.10. The molecule has 0 saturated carbocycles. The lowest BCUT2D eigenvalue weighted by atomic mass is 10.1. The fraction of sp³-hybridized carbons (Fsp3) is 0.143. The van der Waals surface area contributed by atoms with Crippen LogP contribution in [-0.4, -0.2) is 34.6 Å². The molecule has 3 rings (SSSR count). The lowest BCUT2D eigenvalue weighted by Crippen LogP contribution is -2.27. The summed E-state index contributed by atoms with van der Waals surface area (Å²) in [5.74, 6) is 0.440. The number of hydrogen-bond acceptors (Lipinski definition) is 7. The summed E-state index contributed by atoms with van der Waals surface area (Å²) >= 11 is 4.31. The van der Waals surface area contributed by atoms with Crippen LogP contribution in [0.2, 0.25) is 0 Å². The fourth-order valence-corrected chi connectivity index (χ4v) is 4.06. The summed E-state index contributed by atoms with van der Waals surface area (Å²) in [6.45, 7) is 3.81. The highest BCUT2D eigenvalue weighted by Gasteiger charge is 2.34. The summed E-state index contributed by atoms with van der Waals surface area (Å²) in [6.07, 6.45) is 3.09. The van der Waals surface area contributed by atoms with E-state index in [-0.39, 0.29) is 30.0 Å². The van der Waals surface area contributed by atoms with Crippen LogP contribution in [0.4, 0.5) is 10.5 Å². The molecule has 0 aromatic heterocycles. The van der Waals surface area contributed by atoms with Gasteiger partial charge in [0.15, 0.2) is 11.5 Å². The number of hydrogen-bond donors (Lipinski definition) is 0. The fourth-order valence-electron chi connectivity index (χ4n) is 2.78. The van der Waals surface area contributed by atoms with Crippen molar-refractivity contribution in [3.05, 3.63) is 79.7 Å². The molecule has 1 aliphatic rings. The average Bonchev–Trinajstić information content (AvgIpc) is 3.01. The molecule has 1 aliphatic heterocycles. The Balaban J connectivity index is 1.83. The Labute approximate surface area is 190 Å². The topological polar surface area (TPSA) is 99.0 Å². The van der Waals surface area contributed by atoms with Gasteiger partial charge in [-0.25, -0.2) is 0 Å². The zero-order valence-corrected chi connectivity index (χ0v) is 18.8. The number of amides is 2. The van der Waals surface area contributed by atoms with E-state index >= 15 is 0 Å². The van der Waals surface area contributed by atoms with Gasteiger partial charge in [0.05, 0.1) is 16.9 Å². The van der Waals surface area contributed by atoms with Crippen LogP contribution in [0.5, 0.6) is 11.5 Å². The summed E-state index contributed by atoms with van der Waals surface area (Å²) < 4.78 is 11.8. The van der Waals surface area contributed by atoms with Gasteiger partial charge in [0, 0.05) is 23.2 Å². The number of thioether (sulfide) groups is 1. The summed E-state index contributed by atoms with van der Waals surface area (Å²) in [6, 6.07) is 9.51. The van der Waals surface area contributed by atoms with Crippen molar-refractivity contribution in [3.63, 3.8) is 0 Å². The van der Waals surface area contributed by atoms with Crippen LogP contribution in [-0.2, 0) is 11.4 Å². The molecule has 0 N–H and O–H groups in total. The third kappa shape index (κ3) is 5.15. The van der Waals surface area contributed by atoms with Crippen molar-refractivity contribution in [2.45, 2.75) is 6.61 Å². The van der Waals surface area contributed by atoms with Crippen LogP contribution in [0.3, 0.4) is 0 Å². The second-order valence-electron chi connectivity index (χ2n) is 6.32. The van der Waals surface area contributed by atoms with Gasteiger partial charge in [0.25, 0.3) is 16.8 Å². The van der Waals surface area contributed by atoms with Gasteiger partial charge >= 0.3 is 0 Å². The Kier molecular flexibility index (Phi) is 7.13. The average molecular weight is 505 g/mol. The predicted octanol–water partition coefficient (Wildman–Crippen LogP) is 5.17. The maximum absolute atomic E-state index is 12.4. The number of nitro groups is 1. The van der Waals surface area contributed by atoms with Gasteiger partial charge in [0.1, 0.15) is 6.61 Å². The first-order valence-corrected chi connectivity index (χ1v) is 10.5. The largest absolute Gasteiger partial charge is 0.493 e. The smallest absolute Gasteiger partial charge is 0.293 e. The number of rotatable bonds is 8. The molecule has 2 aromatic carbocycles. The normalized spacial score (nSPS) is 14.8. The van der Waals surface area contributed by atoms with E-state index in [0.717, 1.165) is 16.7 Å². The van der Waals surface area contributed by atoms with E-state index in [1.807, 2.05) is 0 Å². The first-order chi connectivity index (χ1) is 14.8. The first-order valence-electron chi connectivity index (χ1n) is 8.94. The van der Waals surface area contributed by atoms with E-state index in [9.17, 15) is 19.7 Å². The summed E-state index contributed by atoms with van der Waals surface area (Å²) in [5.41, 5.74) is 1.24. The van der Waals surface area contributed by atoms with Crippen molar-refractivity contribution < 1.29 is 24.0 Å². The van der Waals surface area contributed by atoms with E-state index in [1.165, 1.54) is 25.3 Å². The van der Waals surface area contributed by atoms with E-state index in [0.29, 0.717) is 32.0 Å². The number of ether oxygens (including phenoxy) is 2. The van der Waals surface area contributed by atoms with Crippen LogP contribution in [0, 0.1) is 10.1 Å². The van der Waals surface area contributed by atoms with Gasteiger partial charge in [-0.2, -0.15) is 0 Å². The molecule has 0 bridgehead atoms. The van der Waals surface area contributed by atoms with Crippen molar-refractivity contribution in [2.24, 2.45) is 0 Å². The molecular formula is C21H17BrN2O6S. The highest BCUT2D eigenvalue weighted by atomic mass is 79.9. The third-order valence-corrected chi connectivity index (χ3v) is 5.86. The van der Waals surface area contributed by atoms with Crippen LogP contribution in [0.1, 0.15) is 11.1 Å². The quantitative estimate of drug-likeness (QED) is 0.211. The second kappa shape index (κ2) is 9.80. The molecule has 0 unspecified atom stereocenters. The second-order valence-corrected chi connectivity index (χ2v) is 8.17. The molecule has 1 saturated heterocycles. The molecular weight excluding hydrogens is 488 g/mol. The molecule has 31 heavy (non-hydrogen) atoms. The number of imide groups is 1. The highest BCUT2D eigenvalue weighted by Crippen LogP contribution is 2.38. The summed E-state index contributed by atoms with van der Waals surface area (Å²) in [7, 11) is 1.48. The number of nitro benzene ring substituents is 1. The van der Waals surface area contributed by atoms with Crippen molar-refractivity contribution in [1.29, 1.82) is 0 Å². The van der Waals surface area contributed by atoms with Gasteiger partial charge in [-0.3, -0.25) is 24.6 Å². The SMILES string of the molecule is C=CCN1C(=O)S/C(=C/c2cc(OC)c(OCc3cccc([N+](=O)[O-])c3)cc2Br)C1=O. The minimum absolute atomic E-state index is 0.0185. The molecule has 0 spiro atoms. The minimum atomic E-state index is -0.466. The van der Waals surface area contributed by atoms with Gasteiger partial charge in [-0.1, -0.05) is 34.1 Å². The van der Waals surface area contributed by atoms with Gasteiger partial charge < -0.3 is 9.47 Å². The van der Waals surface area contributed by atoms with Crippen LogP contribution in [0.15, 0.2) is 58.4 Å². The van der Waals surface area contributed by atoms with Crippen molar-refractivity contribution in [1.82, 2.24) is 4.90 Å². The van der Waals surface area contributed by atoms with Crippen LogP contribution < -0.4 is 9.47 Å². The molecule has 1 heterocycles. The zero-order chi connectivity index (χ0) is 22.5. The van der Waals surface area contributed by atoms with E-state index in [4.69, 9.17) is 9.47 Å². The van der Waals surface area contributed by atoms with Gasteiger partial charge in [0.2, 0.25) is 0 Å². The molecule has 8 nitrogen and oxygen atoms in total. The molecule has 1 fully saturated rings. The summed E-state index contributed by atoms with van der Waals surface area (Å²) in [4.78, 5) is 36.3. The third-order valence-electron chi connectivity index (χ3n) is 4.27. The molecule has 2 amide bonds. The van der Waals surface area contributed by atoms with Crippen LogP contribution >= 0.6 is 27.7 Å². The standard InChI is InChI=1S/C21H17BrN2O6S/c1-3-7-23-20(25)19(31-21(23)26)10-14-9-17(29-2)18(11-16(14)22)30-12-13-5-4-6-15(8-13)24(27)28/h3-6,8-11H,1,7,12H2,2H3/b19-10+. The Morgan fingerprint density at radius 1 is 1.26 bits per heavy atom. The van der Waals surface area contributed by atoms with Crippen LogP contribution in [0.25, 0.3) is 6.08 Å². The maximum Gasteiger partial charge on any atom is 0.293 e. The Hall–Kier alpha value is -3.11.